The third-order valence-corrected chi connectivity index (χ3v) is 8.24. The first-order valence-electron chi connectivity index (χ1n) is 9.11. The zero-order valence-electron chi connectivity index (χ0n) is 16.6. The van der Waals surface area contributed by atoms with Gasteiger partial charge in [-0.05, 0) is 23.6 Å². The van der Waals surface area contributed by atoms with E-state index in [1.54, 1.807) is 12.1 Å². The van der Waals surface area contributed by atoms with Crippen LogP contribution >= 0.6 is 22.7 Å². The molecule has 11 heteroatoms. The lowest BCUT2D eigenvalue weighted by Crippen LogP contribution is -2.29. The molecule has 4 aromatic rings. The van der Waals surface area contributed by atoms with E-state index in [1.807, 2.05) is 22.9 Å². The van der Waals surface area contributed by atoms with E-state index in [-0.39, 0.29) is 22.7 Å². The van der Waals surface area contributed by atoms with E-state index >= 15 is 0 Å². The van der Waals surface area contributed by atoms with Gasteiger partial charge in [-0.25, -0.2) is 17.7 Å². The van der Waals surface area contributed by atoms with Gasteiger partial charge in [0.1, 0.15) is 16.3 Å². The van der Waals surface area contributed by atoms with E-state index < -0.39 is 15.9 Å². The number of aromatic nitrogens is 2. The molecule has 0 fully saturated rings. The van der Waals surface area contributed by atoms with E-state index in [9.17, 15) is 18.0 Å². The van der Waals surface area contributed by atoms with Gasteiger partial charge >= 0.3 is 0 Å². The topological polar surface area (TPSA) is 101 Å². The molecule has 0 aliphatic carbocycles. The molecule has 0 bridgehead atoms. The third-order valence-electron chi connectivity index (χ3n) is 4.58. The quantitative estimate of drug-likeness (QED) is 0.463. The molecule has 3 heterocycles. The SMILES string of the molecule is CN(C)S(=O)(=O)c1ccccc1NC(=O)Cn1cnc2scc(-c3cccs3)c2c1=O. The average molecular weight is 475 g/mol. The van der Waals surface area contributed by atoms with Crippen LogP contribution in [0.5, 0.6) is 0 Å². The number of nitrogens with zero attached hydrogens (tertiary/aromatic N) is 3. The summed E-state index contributed by atoms with van der Waals surface area (Å²) < 4.78 is 27.3. The number of para-hydroxylation sites is 1. The molecule has 1 N–H and O–H groups in total. The van der Waals surface area contributed by atoms with E-state index in [1.165, 1.54) is 59.8 Å². The highest BCUT2D eigenvalue weighted by Gasteiger charge is 2.22. The number of sulfonamides is 1. The number of thiophene rings is 2. The maximum atomic E-state index is 13.1. The number of carbonyl (C=O) groups is 1. The van der Waals surface area contributed by atoms with Crippen LogP contribution in [0.4, 0.5) is 5.69 Å². The number of nitrogens with one attached hydrogen (secondary N) is 1. The minimum absolute atomic E-state index is 0.0212. The lowest BCUT2D eigenvalue weighted by Gasteiger charge is -2.15. The Bertz CT molecular complexity index is 1420. The molecule has 0 aliphatic heterocycles. The molecule has 1 amide bonds. The van der Waals surface area contributed by atoms with Gasteiger partial charge < -0.3 is 5.32 Å². The predicted molar refractivity (Wildman–Crippen MR) is 123 cm³/mol. The van der Waals surface area contributed by atoms with Gasteiger partial charge in [0.05, 0.1) is 17.4 Å². The Hall–Kier alpha value is -2.86. The standard InChI is InChI=1S/C20H18N4O4S3/c1-23(2)31(27,28)16-8-4-3-6-14(16)22-17(25)10-24-12-21-19-18(20(24)26)13(11-30-19)15-7-5-9-29-15/h3-9,11-12H,10H2,1-2H3,(H,22,25). The maximum Gasteiger partial charge on any atom is 0.263 e. The minimum atomic E-state index is -3.75. The smallest absolute Gasteiger partial charge is 0.263 e. The highest BCUT2D eigenvalue weighted by atomic mass is 32.2. The Morgan fingerprint density at radius 2 is 1.94 bits per heavy atom. The van der Waals surface area contributed by atoms with Gasteiger partial charge in [0.15, 0.2) is 0 Å². The molecule has 31 heavy (non-hydrogen) atoms. The van der Waals surface area contributed by atoms with Gasteiger partial charge in [-0.1, -0.05) is 18.2 Å². The largest absolute Gasteiger partial charge is 0.323 e. The van der Waals surface area contributed by atoms with Crippen LogP contribution in [0, 0.1) is 0 Å². The zero-order chi connectivity index (χ0) is 22.2. The zero-order valence-corrected chi connectivity index (χ0v) is 19.1. The number of rotatable bonds is 6. The van der Waals surface area contributed by atoms with Gasteiger partial charge in [-0.2, -0.15) is 0 Å². The van der Waals surface area contributed by atoms with Crippen molar-refractivity contribution < 1.29 is 13.2 Å². The molecule has 0 aliphatic rings. The fourth-order valence-corrected chi connectivity index (χ4v) is 5.79. The van der Waals surface area contributed by atoms with Crippen molar-refractivity contribution in [1.29, 1.82) is 0 Å². The number of hydrogen-bond donors (Lipinski definition) is 1. The summed E-state index contributed by atoms with van der Waals surface area (Å²) in [5, 5.41) is 6.89. The van der Waals surface area contributed by atoms with Gasteiger partial charge in [-0.3, -0.25) is 14.2 Å². The first-order valence-corrected chi connectivity index (χ1v) is 12.3. The first kappa shape index (κ1) is 21.4. The number of hydrogen-bond acceptors (Lipinski definition) is 7. The summed E-state index contributed by atoms with van der Waals surface area (Å²) in [5.74, 6) is -0.530. The Labute approximate surface area is 186 Å². The molecule has 0 saturated carbocycles. The first-order chi connectivity index (χ1) is 14.8. The molecule has 8 nitrogen and oxygen atoms in total. The lowest BCUT2D eigenvalue weighted by atomic mass is 10.2. The molecule has 0 saturated heterocycles. The molecule has 0 spiro atoms. The molecular formula is C20H18N4O4S3. The molecule has 1 aromatic carbocycles. The predicted octanol–water partition coefficient (Wildman–Crippen LogP) is 3.08. The second kappa shape index (κ2) is 8.35. The van der Waals surface area contributed by atoms with Crippen molar-refractivity contribution >= 4 is 54.5 Å². The maximum absolute atomic E-state index is 13.1. The monoisotopic (exact) mass is 474 g/mol. The van der Waals surface area contributed by atoms with Crippen molar-refractivity contribution in [3.05, 3.63) is 63.8 Å². The van der Waals surface area contributed by atoms with Crippen molar-refractivity contribution in [1.82, 2.24) is 13.9 Å². The second-order valence-corrected chi connectivity index (χ2v) is 10.7. The van der Waals surface area contributed by atoms with Gasteiger partial charge in [-0.15, -0.1) is 22.7 Å². The summed E-state index contributed by atoms with van der Waals surface area (Å²) in [7, 11) is -0.912. The van der Waals surface area contributed by atoms with Crippen LogP contribution in [-0.4, -0.2) is 42.3 Å². The number of fused-ring (bicyclic) bond motifs is 1. The third kappa shape index (κ3) is 4.04. The van der Waals surface area contributed by atoms with Gasteiger partial charge in [0, 0.05) is 29.9 Å². The summed E-state index contributed by atoms with van der Waals surface area (Å²) in [6, 6.07) is 9.97. The Morgan fingerprint density at radius 1 is 1.16 bits per heavy atom. The molecule has 0 unspecified atom stereocenters. The van der Waals surface area contributed by atoms with E-state index in [4.69, 9.17) is 0 Å². The van der Waals surface area contributed by atoms with E-state index in [0.717, 1.165) is 14.7 Å². The summed E-state index contributed by atoms with van der Waals surface area (Å²) in [4.78, 5) is 31.6. The summed E-state index contributed by atoms with van der Waals surface area (Å²) in [5.41, 5.74) is 0.627. The lowest BCUT2D eigenvalue weighted by molar-refractivity contribution is -0.116. The Morgan fingerprint density at radius 3 is 2.65 bits per heavy atom. The van der Waals surface area contributed by atoms with Crippen LogP contribution in [0.2, 0.25) is 0 Å². The van der Waals surface area contributed by atoms with Crippen LogP contribution in [0.15, 0.2) is 63.2 Å². The molecule has 0 atom stereocenters. The van der Waals surface area contributed by atoms with Crippen molar-refractivity contribution in [3.8, 4) is 10.4 Å². The molecule has 160 valence electrons. The van der Waals surface area contributed by atoms with Crippen LogP contribution < -0.4 is 10.9 Å². The number of amides is 1. The molecule has 4 rings (SSSR count). The summed E-state index contributed by atoms with van der Waals surface area (Å²) in [6.07, 6.45) is 1.33. The van der Waals surface area contributed by atoms with Crippen LogP contribution in [-0.2, 0) is 21.4 Å². The van der Waals surface area contributed by atoms with E-state index in [0.29, 0.717) is 10.2 Å². The van der Waals surface area contributed by atoms with Gasteiger partial charge in [0.25, 0.3) is 5.56 Å². The summed E-state index contributed by atoms with van der Waals surface area (Å²) >= 11 is 2.90. The average Bonchev–Trinajstić information content (AvgIpc) is 3.40. The number of anilines is 1. The second-order valence-electron chi connectivity index (χ2n) is 6.82. The van der Waals surface area contributed by atoms with Crippen LogP contribution in [0.25, 0.3) is 20.7 Å². The van der Waals surface area contributed by atoms with Gasteiger partial charge in [0.2, 0.25) is 15.9 Å². The van der Waals surface area contributed by atoms with Crippen molar-refractivity contribution in [2.24, 2.45) is 0 Å². The normalized spacial score (nSPS) is 11.8. The van der Waals surface area contributed by atoms with Crippen molar-refractivity contribution in [2.45, 2.75) is 11.4 Å². The van der Waals surface area contributed by atoms with Crippen molar-refractivity contribution in [3.63, 3.8) is 0 Å². The summed E-state index contributed by atoms with van der Waals surface area (Å²) in [6.45, 7) is -0.294. The highest BCUT2D eigenvalue weighted by Crippen LogP contribution is 2.33. The van der Waals surface area contributed by atoms with Crippen LogP contribution in [0.1, 0.15) is 0 Å². The Balaban J connectivity index is 1.65. The van der Waals surface area contributed by atoms with Crippen LogP contribution in [0.3, 0.4) is 0 Å². The molecule has 3 aromatic heterocycles. The highest BCUT2D eigenvalue weighted by molar-refractivity contribution is 7.89. The van der Waals surface area contributed by atoms with Crippen molar-refractivity contribution in [2.75, 3.05) is 19.4 Å². The Kier molecular flexibility index (Phi) is 5.75. The fraction of sp³-hybridized carbons (Fsp3) is 0.150. The number of benzene rings is 1. The number of carbonyl (C=O) groups excluding carboxylic acids is 1. The fourth-order valence-electron chi connectivity index (χ4n) is 3.03. The molecule has 0 radical (unpaired) electrons. The van der Waals surface area contributed by atoms with E-state index in [2.05, 4.69) is 10.3 Å². The minimum Gasteiger partial charge on any atom is -0.323 e. The molecular weight excluding hydrogens is 456 g/mol.